The lowest BCUT2D eigenvalue weighted by Crippen LogP contribution is -1.97. The van der Waals surface area contributed by atoms with E-state index in [0.717, 1.165) is 23.6 Å². The molecule has 3 heteroatoms. The third-order valence-electron chi connectivity index (χ3n) is 2.68. The van der Waals surface area contributed by atoms with Crippen molar-refractivity contribution in [2.75, 3.05) is 6.54 Å². The van der Waals surface area contributed by atoms with Crippen molar-refractivity contribution < 1.29 is 0 Å². The Hall–Kier alpha value is -1.12. The van der Waals surface area contributed by atoms with Crippen molar-refractivity contribution in [3.05, 3.63) is 45.8 Å². The molecule has 3 rings (SSSR count). The molecule has 0 N–H and O–H groups in total. The minimum absolute atomic E-state index is 0.818. The molecule has 0 spiro atoms. The standard InChI is InChI=1S/C13H10ClNS/c14-11-4-2-1-3-10(11)13-7-9-8-15-6-5-12(9)16-13/h1-4,7-8H,5-6H2. The SMILES string of the molecule is Clc1ccccc1-c1cc2c(s1)CCN=C2. The molecule has 0 fully saturated rings. The highest BCUT2D eigenvalue weighted by atomic mass is 35.5. The molecule has 1 aromatic carbocycles. The van der Waals surface area contributed by atoms with Gasteiger partial charge >= 0.3 is 0 Å². The molecule has 0 unspecified atom stereocenters. The molecule has 0 atom stereocenters. The maximum atomic E-state index is 6.20. The van der Waals surface area contributed by atoms with Gasteiger partial charge in [-0.05, 0) is 12.1 Å². The van der Waals surface area contributed by atoms with Gasteiger partial charge in [-0.15, -0.1) is 11.3 Å². The van der Waals surface area contributed by atoms with Crippen LogP contribution in [0.25, 0.3) is 10.4 Å². The lowest BCUT2D eigenvalue weighted by molar-refractivity contribution is 0.974. The smallest absolute Gasteiger partial charge is 0.0492 e. The summed E-state index contributed by atoms with van der Waals surface area (Å²) in [7, 11) is 0. The van der Waals surface area contributed by atoms with Crippen molar-refractivity contribution in [1.82, 2.24) is 0 Å². The largest absolute Gasteiger partial charge is 0.292 e. The lowest BCUT2D eigenvalue weighted by Gasteiger charge is -2.01. The number of nitrogens with zero attached hydrogens (tertiary/aromatic N) is 1. The van der Waals surface area contributed by atoms with Crippen LogP contribution in [0.3, 0.4) is 0 Å². The van der Waals surface area contributed by atoms with Crippen molar-refractivity contribution in [2.24, 2.45) is 4.99 Å². The quantitative estimate of drug-likeness (QED) is 0.721. The zero-order valence-corrected chi connectivity index (χ0v) is 10.2. The summed E-state index contributed by atoms with van der Waals surface area (Å²) in [6, 6.07) is 10.2. The molecule has 2 aromatic rings. The molecule has 1 aromatic heterocycles. The second kappa shape index (κ2) is 4.04. The Bertz CT molecular complexity index is 557. The van der Waals surface area contributed by atoms with Crippen molar-refractivity contribution >= 4 is 29.2 Å². The van der Waals surface area contributed by atoms with E-state index in [4.69, 9.17) is 11.6 Å². The van der Waals surface area contributed by atoms with Gasteiger partial charge in [0.25, 0.3) is 0 Å². The van der Waals surface area contributed by atoms with Gasteiger partial charge < -0.3 is 0 Å². The average molecular weight is 248 g/mol. The Morgan fingerprint density at radius 3 is 2.94 bits per heavy atom. The summed E-state index contributed by atoms with van der Waals surface area (Å²) in [5.74, 6) is 0. The van der Waals surface area contributed by atoms with Gasteiger partial charge in [-0.25, -0.2) is 0 Å². The molecule has 80 valence electrons. The van der Waals surface area contributed by atoms with Gasteiger partial charge in [0.2, 0.25) is 0 Å². The van der Waals surface area contributed by atoms with Crippen molar-refractivity contribution in [1.29, 1.82) is 0 Å². The lowest BCUT2D eigenvalue weighted by atomic mass is 10.1. The molecule has 0 bridgehead atoms. The van der Waals surface area contributed by atoms with Crippen LogP contribution in [0.15, 0.2) is 35.3 Å². The minimum atomic E-state index is 0.818. The first-order valence-corrected chi connectivity index (χ1v) is 6.41. The fraction of sp³-hybridized carbons (Fsp3) is 0.154. The van der Waals surface area contributed by atoms with E-state index in [2.05, 4.69) is 17.1 Å². The minimum Gasteiger partial charge on any atom is -0.292 e. The summed E-state index contributed by atoms with van der Waals surface area (Å²) in [5.41, 5.74) is 2.38. The number of hydrogen-bond donors (Lipinski definition) is 0. The fourth-order valence-electron chi connectivity index (χ4n) is 1.87. The summed E-state index contributed by atoms with van der Waals surface area (Å²) in [5, 5.41) is 0.818. The van der Waals surface area contributed by atoms with Gasteiger partial charge in [-0.2, -0.15) is 0 Å². The van der Waals surface area contributed by atoms with Crippen LogP contribution >= 0.6 is 22.9 Å². The molecule has 1 aliphatic heterocycles. The molecule has 16 heavy (non-hydrogen) atoms. The molecule has 0 aliphatic carbocycles. The monoisotopic (exact) mass is 247 g/mol. The predicted molar refractivity (Wildman–Crippen MR) is 70.9 cm³/mol. The van der Waals surface area contributed by atoms with E-state index in [-0.39, 0.29) is 0 Å². The molecule has 0 radical (unpaired) electrons. The number of aliphatic imine (C=N–C) groups is 1. The predicted octanol–water partition coefficient (Wildman–Crippen LogP) is 4.04. The van der Waals surface area contributed by atoms with E-state index in [1.54, 1.807) is 0 Å². The van der Waals surface area contributed by atoms with E-state index in [0.29, 0.717) is 0 Å². The molecule has 1 aliphatic rings. The van der Waals surface area contributed by atoms with Crippen LogP contribution in [0.1, 0.15) is 10.4 Å². The summed E-state index contributed by atoms with van der Waals surface area (Å²) < 4.78 is 0. The van der Waals surface area contributed by atoms with Gasteiger partial charge in [0.05, 0.1) is 0 Å². The highest BCUT2D eigenvalue weighted by Gasteiger charge is 2.12. The third kappa shape index (κ3) is 1.68. The van der Waals surface area contributed by atoms with E-state index >= 15 is 0 Å². The Morgan fingerprint density at radius 2 is 2.12 bits per heavy atom. The molecule has 0 amide bonds. The van der Waals surface area contributed by atoms with Gasteiger partial charge in [-0.3, -0.25) is 4.99 Å². The molecule has 0 saturated heterocycles. The molecule has 2 heterocycles. The summed E-state index contributed by atoms with van der Waals surface area (Å²) in [6.45, 7) is 0.912. The topological polar surface area (TPSA) is 12.4 Å². The number of rotatable bonds is 1. The first-order chi connectivity index (χ1) is 7.84. The number of fused-ring (bicyclic) bond motifs is 1. The molecular weight excluding hydrogens is 238 g/mol. The number of benzene rings is 1. The van der Waals surface area contributed by atoms with Crippen LogP contribution < -0.4 is 0 Å². The van der Waals surface area contributed by atoms with E-state index in [9.17, 15) is 0 Å². The van der Waals surface area contributed by atoms with Crippen molar-refractivity contribution in [3.63, 3.8) is 0 Å². The fourth-order valence-corrected chi connectivity index (χ4v) is 3.33. The van der Waals surface area contributed by atoms with Crippen LogP contribution in [0, 0.1) is 0 Å². The molecule has 0 saturated carbocycles. The first-order valence-electron chi connectivity index (χ1n) is 5.22. The van der Waals surface area contributed by atoms with E-state index in [1.165, 1.54) is 15.3 Å². The van der Waals surface area contributed by atoms with E-state index < -0.39 is 0 Å². The van der Waals surface area contributed by atoms with Gasteiger partial charge in [-0.1, -0.05) is 29.8 Å². The normalized spacial score (nSPS) is 13.8. The van der Waals surface area contributed by atoms with Gasteiger partial charge in [0.1, 0.15) is 0 Å². The van der Waals surface area contributed by atoms with Crippen LogP contribution in [0.5, 0.6) is 0 Å². The Morgan fingerprint density at radius 1 is 1.25 bits per heavy atom. The summed E-state index contributed by atoms with van der Waals surface area (Å²) in [4.78, 5) is 6.96. The molecular formula is C13H10ClNS. The second-order valence-corrected chi connectivity index (χ2v) is 5.30. The van der Waals surface area contributed by atoms with Crippen LogP contribution in [0.2, 0.25) is 5.02 Å². The molecule has 1 nitrogen and oxygen atoms in total. The summed E-state index contributed by atoms with van der Waals surface area (Å²) >= 11 is 8.02. The van der Waals surface area contributed by atoms with Crippen LogP contribution in [-0.2, 0) is 6.42 Å². The Balaban J connectivity index is 2.11. The number of hydrogen-bond acceptors (Lipinski definition) is 2. The Kier molecular flexibility index (Phi) is 2.54. The second-order valence-electron chi connectivity index (χ2n) is 3.75. The number of thiophene rings is 1. The zero-order chi connectivity index (χ0) is 11.0. The highest BCUT2D eigenvalue weighted by molar-refractivity contribution is 7.16. The zero-order valence-electron chi connectivity index (χ0n) is 8.61. The van der Waals surface area contributed by atoms with Crippen LogP contribution in [-0.4, -0.2) is 12.8 Å². The highest BCUT2D eigenvalue weighted by Crippen LogP contribution is 2.35. The summed E-state index contributed by atoms with van der Waals surface area (Å²) in [6.07, 6.45) is 3.02. The maximum Gasteiger partial charge on any atom is 0.0492 e. The van der Waals surface area contributed by atoms with Crippen molar-refractivity contribution in [2.45, 2.75) is 6.42 Å². The maximum absolute atomic E-state index is 6.20. The van der Waals surface area contributed by atoms with E-state index in [1.807, 2.05) is 35.8 Å². The number of halogens is 1. The van der Waals surface area contributed by atoms with Gasteiger partial charge in [0.15, 0.2) is 0 Å². The Labute approximate surface area is 103 Å². The average Bonchev–Trinajstić information content (AvgIpc) is 2.73. The third-order valence-corrected chi connectivity index (χ3v) is 4.25. The van der Waals surface area contributed by atoms with Gasteiger partial charge in [0, 0.05) is 45.1 Å². The van der Waals surface area contributed by atoms with Crippen molar-refractivity contribution in [3.8, 4) is 10.4 Å². The first kappa shape index (κ1) is 10.1. The van der Waals surface area contributed by atoms with Crippen LogP contribution in [0.4, 0.5) is 0 Å².